The maximum Gasteiger partial charge on any atom is 0.220 e. The molecule has 2 aliphatic rings. The summed E-state index contributed by atoms with van der Waals surface area (Å²) in [5.74, 6) is 1.21. The summed E-state index contributed by atoms with van der Waals surface area (Å²) < 4.78 is 18.6. The number of amides is 1. The van der Waals surface area contributed by atoms with Crippen LogP contribution in [0.1, 0.15) is 37.7 Å². The lowest BCUT2D eigenvalue weighted by molar-refractivity contribution is -0.122. The van der Waals surface area contributed by atoms with Gasteiger partial charge < -0.3 is 15.4 Å². The van der Waals surface area contributed by atoms with E-state index in [1.807, 2.05) is 6.07 Å². The number of halogens is 3. The van der Waals surface area contributed by atoms with Crippen molar-refractivity contribution < 1.29 is 13.9 Å². The van der Waals surface area contributed by atoms with Crippen LogP contribution in [0.5, 0.6) is 11.6 Å². The van der Waals surface area contributed by atoms with Crippen LogP contribution in [0, 0.1) is 11.7 Å². The third-order valence-corrected chi connectivity index (χ3v) is 5.37. The van der Waals surface area contributed by atoms with Gasteiger partial charge in [0.05, 0.1) is 0 Å². The average Bonchev–Trinajstić information content (AvgIpc) is 3.01. The Morgan fingerprint density at radius 2 is 1.83 bits per heavy atom. The number of nitrogens with zero attached hydrogens (tertiary/aromatic N) is 1. The maximum atomic E-state index is 13.0. The van der Waals surface area contributed by atoms with Gasteiger partial charge in [-0.3, -0.25) is 4.79 Å². The van der Waals surface area contributed by atoms with Gasteiger partial charge in [0, 0.05) is 37.3 Å². The van der Waals surface area contributed by atoms with Crippen molar-refractivity contribution in [1.82, 2.24) is 15.6 Å². The second-order valence-corrected chi connectivity index (χ2v) is 7.51. The lowest BCUT2D eigenvalue weighted by atomic mass is 9.89. The van der Waals surface area contributed by atoms with Crippen molar-refractivity contribution in [3.8, 4) is 11.6 Å². The molecule has 2 saturated heterocycles. The Morgan fingerprint density at radius 1 is 1.14 bits per heavy atom. The number of nitrogens with one attached hydrogen (secondary N) is 2. The Bertz CT molecular complexity index is 795. The molecule has 2 atom stereocenters. The summed E-state index contributed by atoms with van der Waals surface area (Å²) in [6.07, 6.45) is 6.94. The predicted molar refractivity (Wildman–Crippen MR) is 114 cm³/mol. The Labute approximate surface area is 182 Å². The predicted octanol–water partition coefficient (Wildman–Crippen LogP) is 4.39. The van der Waals surface area contributed by atoms with E-state index in [9.17, 15) is 9.18 Å². The number of ether oxygens (including phenoxy) is 1. The molecule has 158 valence electrons. The molecule has 0 spiro atoms. The zero-order valence-corrected chi connectivity index (χ0v) is 17.6. The molecule has 2 fully saturated rings. The van der Waals surface area contributed by atoms with E-state index in [1.54, 1.807) is 24.4 Å². The van der Waals surface area contributed by atoms with Gasteiger partial charge in [-0.25, -0.2) is 9.37 Å². The first kappa shape index (κ1) is 23.4. The molecule has 5 nitrogen and oxygen atoms in total. The van der Waals surface area contributed by atoms with Crippen molar-refractivity contribution in [1.29, 1.82) is 0 Å². The number of benzene rings is 1. The van der Waals surface area contributed by atoms with Crippen molar-refractivity contribution in [3.63, 3.8) is 0 Å². The highest BCUT2D eigenvalue weighted by molar-refractivity contribution is 5.85. The Hall–Kier alpha value is -1.89. The van der Waals surface area contributed by atoms with Crippen LogP contribution in [0.25, 0.3) is 0 Å². The van der Waals surface area contributed by atoms with E-state index in [4.69, 9.17) is 4.74 Å². The smallest absolute Gasteiger partial charge is 0.220 e. The van der Waals surface area contributed by atoms with Gasteiger partial charge in [-0.05, 0) is 67.5 Å². The molecule has 0 aliphatic carbocycles. The number of carbonyl (C=O) groups is 1. The first-order valence-electron chi connectivity index (χ1n) is 9.55. The lowest BCUT2D eigenvalue weighted by Crippen LogP contribution is -2.39. The van der Waals surface area contributed by atoms with Crippen molar-refractivity contribution in [2.24, 2.45) is 5.92 Å². The molecule has 2 aliphatic heterocycles. The fourth-order valence-corrected chi connectivity index (χ4v) is 4.12. The molecule has 8 heteroatoms. The number of rotatable bonds is 6. The van der Waals surface area contributed by atoms with Crippen LogP contribution in [-0.4, -0.2) is 23.0 Å². The number of hydrogen-bond acceptors (Lipinski definition) is 4. The van der Waals surface area contributed by atoms with E-state index in [0.29, 0.717) is 42.6 Å². The second kappa shape index (κ2) is 10.8. The summed E-state index contributed by atoms with van der Waals surface area (Å²) in [6.45, 7) is 0.443. The van der Waals surface area contributed by atoms with E-state index in [2.05, 4.69) is 15.6 Å². The number of hydrogen-bond donors (Lipinski definition) is 2. The third kappa shape index (κ3) is 6.56. The Kier molecular flexibility index (Phi) is 8.68. The van der Waals surface area contributed by atoms with Crippen LogP contribution >= 0.6 is 24.8 Å². The molecule has 2 unspecified atom stereocenters. The number of pyridine rings is 1. The van der Waals surface area contributed by atoms with E-state index < -0.39 is 0 Å². The van der Waals surface area contributed by atoms with Crippen LogP contribution in [0.4, 0.5) is 4.39 Å². The van der Waals surface area contributed by atoms with Crippen molar-refractivity contribution >= 4 is 30.7 Å². The molecule has 0 radical (unpaired) electrons. The summed E-state index contributed by atoms with van der Waals surface area (Å²) >= 11 is 0. The van der Waals surface area contributed by atoms with Gasteiger partial charge in [-0.1, -0.05) is 0 Å². The van der Waals surface area contributed by atoms with E-state index >= 15 is 0 Å². The fourth-order valence-electron chi connectivity index (χ4n) is 4.12. The van der Waals surface area contributed by atoms with Gasteiger partial charge >= 0.3 is 0 Å². The highest BCUT2D eigenvalue weighted by Gasteiger charge is 2.34. The molecule has 1 aromatic carbocycles. The molecule has 2 aromatic rings. The Balaban J connectivity index is 0.00000150. The number of fused-ring (bicyclic) bond motifs is 2. The number of piperidine rings is 1. The minimum absolute atomic E-state index is 0. The van der Waals surface area contributed by atoms with Crippen molar-refractivity contribution in [2.45, 2.75) is 50.7 Å². The molecule has 2 bridgehead atoms. The zero-order valence-electron chi connectivity index (χ0n) is 16.0. The molecule has 2 N–H and O–H groups in total. The molecule has 1 amide bonds. The van der Waals surface area contributed by atoms with Gasteiger partial charge in [-0.2, -0.15) is 0 Å². The van der Waals surface area contributed by atoms with Gasteiger partial charge in [0.1, 0.15) is 11.6 Å². The van der Waals surface area contributed by atoms with Crippen molar-refractivity contribution in [3.05, 3.63) is 54.0 Å². The summed E-state index contributed by atoms with van der Waals surface area (Å²) in [5, 5.41) is 6.61. The van der Waals surface area contributed by atoms with Crippen LogP contribution in [0.15, 0.2) is 42.6 Å². The topological polar surface area (TPSA) is 63.2 Å². The van der Waals surface area contributed by atoms with Gasteiger partial charge in [0.15, 0.2) is 0 Å². The first-order valence-corrected chi connectivity index (χ1v) is 9.55. The van der Waals surface area contributed by atoms with Gasteiger partial charge in [-0.15, -0.1) is 24.8 Å². The minimum Gasteiger partial charge on any atom is -0.439 e. The highest BCUT2D eigenvalue weighted by atomic mass is 35.5. The normalized spacial score (nSPS) is 22.2. The summed E-state index contributed by atoms with van der Waals surface area (Å²) in [6, 6.07) is 10.6. The third-order valence-electron chi connectivity index (χ3n) is 5.37. The molecular formula is C21H26Cl2FN3O2. The monoisotopic (exact) mass is 441 g/mol. The van der Waals surface area contributed by atoms with Crippen LogP contribution in [0.2, 0.25) is 0 Å². The van der Waals surface area contributed by atoms with Crippen LogP contribution < -0.4 is 15.4 Å². The lowest BCUT2D eigenvalue weighted by Gasteiger charge is -2.28. The standard InChI is InChI=1S/C21H24FN3O2.2ClH/c22-16-1-5-19(6-2-16)27-21-12-14(7-8-23-21)13-24-20(26)11-15-9-17-3-4-18(10-15)25-17;;/h1-2,5-8,12,15,17-18,25H,3-4,9-11,13H2,(H,24,26);2*1H. The summed E-state index contributed by atoms with van der Waals surface area (Å²) in [4.78, 5) is 16.5. The van der Waals surface area contributed by atoms with Gasteiger partial charge in [0.2, 0.25) is 11.8 Å². The molecule has 3 heterocycles. The van der Waals surface area contributed by atoms with E-state index in [-0.39, 0.29) is 36.5 Å². The summed E-state index contributed by atoms with van der Waals surface area (Å²) in [5.41, 5.74) is 0.917. The first-order chi connectivity index (χ1) is 13.1. The summed E-state index contributed by atoms with van der Waals surface area (Å²) in [7, 11) is 0. The van der Waals surface area contributed by atoms with Crippen molar-refractivity contribution in [2.75, 3.05) is 0 Å². The van der Waals surface area contributed by atoms with E-state index in [1.165, 1.54) is 25.0 Å². The number of carbonyl (C=O) groups excluding carboxylic acids is 1. The van der Waals surface area contributed by atoms with E-state index in [0.717, 1.165) is 18.4 Å². The molecule has 0 saturated carbocycles. The van der Waals surface area contributed by atoms with Gasteiger partial charge in [0.25, 0.3) is 0 Å². The zero-order chi connectivity index (χ0) is 18.6. The largest absolute Gasteiger partial charge is 0.439 e. The average molecular weight is 442 g/mol. The highest BCUT2D eigenvalue weighted by Crippen LogP contribution is 2.32. The SMILES string of the molecule is Cl.Cl.O=C(CC1CC2CCC(C1)N2)NCc1ccnc(Oc2ccc(F)cc2)c1. The molecule has 1 aromatic heterocycles. The van der Waals surface area contributed by atoms with Crippen LogP contribution in [-0.2, 0) is 11.3 Å². The molecular weight excluding hydrogens is 416 g/mol. The number of aromatic nitrogens is 1. The minimum atomic E-state index is -0.312. The fraction of sp³-hybridized carbons (Fsp3) is 0.429. The second-order valence-electron chi connectivity index (χ2n) is 7.51. The molecule has 4 rings (SSSR count). The Morgan fingerprint density at radius 3 is 2.52 bits per heavy atom. The maximum absolute atomic E-state index is 13.0. The van der Waals surface area contributed by atoms with Crippen LogP contribution in [0.3, 0.4) is 0 Å². The molecule has 29 heavy (non-hydrogen) atoms. The quantitative estimate of drug-likeness (QED) is 0.697.